The van der Waals surface area contributed by atoms with E-state index in [2.05, 4.69) is 10.3 Å². The number of carbonyl (C=O) groups excluding carboxylic acids is 1. The summed E-state index contributed by atoms with van der Waals surface area (Å²) in [6.07, 6.45) is 1.79. The molecule has 0 saturated heterocycles. The lowest BCUT2D eigenvalue weighted by Gasteiger charge is -2.16. The van der Waals surface area contributed by atoms with Crippen LogP contribution in [0, 0.1) is 5.92 Å². The largest absolute Gasteiger partial charge is 0.480 e. The number of aromatic nitrogens is 1. The van der Waals surface area contributed by atoms with Crippen molar-refractivity contribution in [1.82, 2.24) is 10.3 Å². The first kappa shape index (κ1) is 17.5. The molecule has 0 spiro atoms. The van der Waals surface area contributed by atoms with Crippen LogP contribution in [0.1, 0.15) is 30.6 Å². The van der Waals surface area contributed by atoms with Crippen molar-refractivity contribution in [3.05, 3.63) is 40.1 Å². The molecule has 2 aromatic rings. The maximum Gasteiger partial charge on any atom is 0.326 e. The van der Waals surface area contributed by atoms with Gasteiger partial charge in [-0.2, -0.15) is 0 Å². The Morgan fingerprint density at radius 2 is 1.96 bits per heavy atom. The molecule has 0 aliphatic heterocycles. The van der Waals surface area contributed by atoms with E-state index >= 15 is 0 Å². The number of pyridine rings is 1. The second-order valence-corrected chi connectivity index (χ2v) is 6.42. The second-order valence-electron chi connectivity index (χ2n) is 5.65. The van der Waals surface area contributed by atoms with Crippen LogP contribution in [0.2, 0.25) is 10.2 Å². The third-order valence-electron chi connectivity index (χ3n) is 3.36. The molecule has 1 heterocycles. The molecule has 1 unspecified atom stereocenters. The fraction of sp³-hybridized carbons (Fsp3) is 0.312. The number of fused-ring (bicyclic) bond motifs is 1. The summed E-state index contributed by atoms with van der Waals surface area (Å²) in [5.41, 5.74) is 0.304. The van der Waals surface area contributed by atoms with Crippen LogP contribution in [0.3, 0.4) is 0 Å². The van der Waals surface area contributed by atoms with E-state index < -0.39 is 17.9 Å². The van der Waals surface area contributed by atoms with Gasteiger partial charge in [-0.3, -0.25) is 4.79 Å². The van der Waals surface area contributed by atoms with Crippen LogP contribution >= 0.6 is 23.2 Å². The van der Waals surface area contributed by atoms with Crippen LogP contribution in [-0.2, 0) is 4.79 Å². The fourth-order valence-corrected chi connectivity index (χ4v) is 2.67. The number of aliphatic carboxylic acids is 1. The van der Waals surface area contributed by atoms with Gasteiger partial charge in [-0.15, -0.1) is 0 Å². The van der Waals surface area contributed by atoms with Gasteiger partial charge in [0.1, 0.15) is 11.2 Å². The van der Waals surface area contributed by atoms with Crippen molar-refractivity contribution >= 4 is 45.9 Å². The van der Waals surface area contributed by atoms with Crippen LogP contribution < -0.4 is 5.32 Å². The summed E-state index contributed by atoms with van der Waals surface area (Å²) in [6, 6.07) is 3.86. The Balaban J connectivity index is 2.30. The Morgan fingerprint density at radius 3 is 2.57 bits per heavy atom. The lowest BCUT2D eigenvalue weighted by Crippen LogP contribution is -2.41. The molecule has 1 aromatic heterocycles. The van der Waals surface area contributed by atoms with Crippen molar-refractivity contribution in [2.45, 2.75) is 26.3 Å². The highest BCUT2D eigenvalue weighted by Crippen LogP contribution is 2.28. The van der Waals surface area contributed by atoms with E-state index in [1.54, 1.807) is 18.2 Å². The summed E-state index contributed by atoms with van der Waals surface area (Å²) in [4.78, 5) is 27.5. The molecule has 7 heteroatoms. The van der Waals surface area contributed by atoms with Crippen LogP contribution in [0.15, 0.2) is 24.4 Å². The minimum Gasteiger partial charge on any atom is -0.480 e. The van der Waals surface area contributed by atoms with Crippen molar-refractivity contribution in [2.24, 2.45) is 5.92 Å². The van der Waals surface area contributed by atoms with E-state index in [0.29, 0.717) is 27.8 Å². The second kappa shape index (κ2) is 7.15. The summed E-state index contributed by atoms with van der Waals surface area (Å²) in [7, 11) is 0. The quantitative estimate of drug-likeness (QED) is 0.801. The number of amides is 1. The van der Waals surface area contributed by atoms with Gasteiger partial charge < -0.3 is 10.4 Å². The molecule has 0 bridgehead atoms. The van der Waals surface area contributed by atoms with Gasteiger partial charge in [-0.1, -0.05) is 43.1 Å². The number of rotatable bonds is 5. The van der Waals surface area contributed by atoms with E-state index in [0.717, 1.165) is 0 Å². The van der Waals surface area contributed by atoms with Crippen LogP contribution in [0.25, 0.3) is 10.8 Å². The molecule has 0 aliphatic rings. The first-order valence-electron chi connectivity index (χ1n) is 7.07. The molecule has 1 aromatic carbocycles. The molecule has 0 fully saturated rings. The number of nitrogens with zero attached hydrogens (tertiary/aromatic N) is 1. The molecule has 2 rings (SSSR count). The van der Waals surface area contributed by atoms with Crippen molar-refractivity contribution in [2.75, 3.05) is 0 Å². The number of benzene rings is 1. The molecule has 2 N–H and O–H groups in total. The Labute approximate surface area is 143 Å². The summed E-state index contributed by atoms with van der Waals surface area (Å²) < 4.78 is 0. The highest BCUT2D eigenvalue weighted by molar-refractivity contribution is 6.39. The topological polar surface area (TPSA) is 79.3 Å². The lowest BCUT2D eigenvalue weighted by atomic mass is 10.0. The molecule has 1 amide bonds. The summed E-state index contributed by atoms with van der Waals surface area (Å²) in [6.45, 7) is 3.79. The average Bonchev–Trinajstić information content (AvgIpc) is 2.49. The minimum atomic E-state index is -1.06. The smallest absolute Gasteiger partial charge is 0.326 e. The highest BCUT2D eigenvalue weighted by Gasteiger charge is 2.22. The van der Waals surface area contributed by atoms with Crippen molar-refractivity contribution in [3.63, 3.8) is 0 Å². The summed E-state index contributed by atoms with van der Waals surface area (Å²) in [5, 5.41) is 13.6. The number of carbonyl (C=O) groups is 2. The predicted octanol–water partition coefficient (Wildman–Crippen LogP) is 3.77. The standard InChI is InChI=1S/C16H16Cl2N2O3/c1-8(2)5-13(16(22)23)20-15(21)9-3-4-10-11(6-9)14(18)19-7-12(10)17/h3-4,6-8,13H,5H2,1-2H3,(H,20,21)(H,22,23). The van der Waals surface area contributed by atoms with Gasteiger partial charge in [0.25, 0.3) is 5.91 Å². The Kier molecular flexibility index (Phi) is 5.44. The molecular weight excluding hydrogens is 339 g/mol. The van der Waals surface area contributed by atoms with Gasteiger partial charge in [0, 0.05) is 22.5 Å². The monoisotopic (exact) mass is 354 g/mol. The number of hydrogen-bond acceptors (Lipinski definition) is 3. The molecule has 0 saturated carbocycles. The van der Waals surface area contributed by atoms with Crippen molar-refractivity contribution in [1.29, 1.82) is 0 Å². The Hall–Kier alpha value is -1.85. The van der Waals surface area contributed by atoms with E-state index in [1.807, 2.05) is 13.8 Å². The van der Waals surface area contributed by atoms with Gasteiger partial charge in [-0.05, 0) is 24.5 Å². The van der Waals surface area contributed by atoms with E-state index in [-0.39, 0.29) is 11.1 Å². The molecule has 1 atom stereocenters. The number of nitrogens with one attached hydrogen (secondary N) is 1. The first-order chi connectivity index (χ1) is 10.8. The van der Waals surface area contributed by atoms with Gasteiger partial charge in [0.05, 0.1) is 5.02 Å². The average molecular weight is 355 g/mol. The molecular formula is C16H16Cl2N2O3. The Bertz CT molecular complexity index is 762. The van der Waals surface area contributed by atoms with Crippen molar-refractivity contribution < 1.29 is 14.7 Å². The van der Waals surface area contributed by atoms with Crippen LogP contribution in [-0.4, -0.2) is 28.0 Å². The van der Waals surface area contributed by atoms with Gasteiger partial charge in [0.15, 0.2) is 0 Å². The molecule has 122 valence electrons. The maximum atomic E-state index is 12.3. The predicted molar refractivity (Wildman–Crippen MR) is 90.1 cm³/mol. The van der Waals surface area contributed by atoms with Crippen LogP contribution in [0.5, 0.6) is 0 Å². The molecule has 5 nitrogen and oxygen atoms in total. The minimum absolute atomic E-state index is 0.144. The lowest BCUT2D eigenvalue weighted by molar-refractivity contribution is -0.139. The van der Waals surface area contributed by atoms with E-state index in [4.69, 9.17) is 23.2 Å². The number of carboxylic acid groups (broad SMARTS) is 1. The van der Waals surface area contributed by atoms with E-state index in [1.165, 1.54) is 6.20 Å². The molecule has 0 radical (unpaired) electrons. The third kappa shape index (κ3) is 4.12. The fourth-order valence-electron chi connectivity index (χ4n) is 2.25. The molecule has 0 aliphatic carbocycles. The Morgan fingerprint density at radius 1 is 1.26 bits per heavy atom. The molecule has 23 heavy (non-hydrogen) atoms. The normalized spacial score (nSPS) is 12.4. The third-order valence-corrected chi connectivity index (χ3v) is 3.97. The summed E-state index contributed by atoms with van der Waals surface area (Å²) >= 11 is 12.1. The van der Waals surface area contributed by atoms with Crippen molar-refractivity contribution in [3.8, 4) is 0 Å². The maximum absolute atomic E-state index is 12.3. The highest BCUT2D eigenvalue weighted by atomic mass is 35.5. The van der Waals surface area contributed by atoms with E-state index in [9.17, 15) is 14.7 Å². The van der Waals surface area contributed by atoms with Gasteiger partial charge in [0.2, 0.25) is 0 Å². The van der Waals surface area contributed by atoms with Crippen LogP contribution in [0.4, 0.5) is 0 Å². The summed E-state index contributed by atoms with van der Waals surface area (Å²) in [5.74, 6) is -1.39. The number of hydrogen-bond donors (Lipinski definition) is 2. The number of halogens is 2. The first-order valence-corrected chi connectivity index (χ1v) is 7.82. The van der Waals surface area contributed by atoms with Gasteiger partial charge >= 0.3 is 5.97 Å². The zero-order chi connectivity index (χ0) is 17.1. The number of carboxylic acids is 1. The SMILES string of the molecule is CC(C)CC(NC(=O)c1ccc2c(Cl)cnc(Cl)c2c1)C(=O)O. The van der Waals surface area contributed by atoms with Gasteiger partial charge in [-0.25, -0.2) is 9.78 Å². The zero-order valence-corrected chi connectivity index (χ0v) is 14.1. The zero-order valence-electron chi connectivity index (χ0n) is 12.6.